The first-order chi connectivity index (χ1) is 14.7. The summed E-state index contributed by atoms with van der Waals surface area (Å²) in [4.78, 5) is 27.0. The molecular formula is C24H30N2O4. The summed E-state index contributed by atoms with van der Waals surface area (Å²) in [6.07, 6.45) is 11.0. The van der Waals surface area contributed by atoms with Gasteiger partial charge in [0.25, 0.3) is 5.91 Å². The van der Waals surface area contributed by atoms with E-state index in [1.807, 2.05) is 12.2 Å². The number of carbonyl (C=O) groups excluding carboxylic acids is 2. The fraction of sp³-hybridized carbons (Fsp3) is 0.542. The second-order valence-electron chi connectivity index (χ2n) is 8.86. The van der Waals surface area contributed by atoms with E-state index in [1.165, 1.54) is 0 Å². The highest BCUT2D eigenvalue weighted by Crippen LogP contribution is 2.53. The van der Waals surface area contributed by atoms with Crippen molar-refractivity contribution in [2.75, 3.05) is 32.8 Å². The van der Waals surface area contributed by atoms with Crippen molar-refractivity contribution in [3.63, 3.8) is 0 Å². The van der Waals surface area contributed by atoms with Crippen LogP contribution in [0.5, 0.6) is 0 Å². The Labute approximate surface area is 178 Å². The van der Waals surface area contributed by atoms with E-state index in [9.17, 15) is 9.59 Å². The molecule has 2 saturated heterocycles. The van der Waals surface area contributed by atoms with Gasteiger partial charge in [0, 0.05) is 52.3 Å². The summed E-state index contributed by atoms with van der Waals surface area (Å²) in [5.74, 6) is 3.49. The van der Waals surface area contributed by atoms with Crippen LogP contribution in [-0.2, 0) is 9.53 Å². The van der Waals surface area contributed by atoms with Gasteiger partial charge in [-0.05, 0) is 55.1 Å². The van der Waals surface area contributed by atoms with E-state index < -0.39 is 0 Å². The Morgan fingerprint density at radius 2 is 2.03 bits per heavy atom. The van der Waals surface area contributed by atoms with Crippen molar-refractivity contribution in [1.82, 2.24) is 10.2 Å². The smallest absolute Gasteiger partial charge is 0.287 e. The van der Waals surface area contributed by atoms with Gasteiger partial charge in [-0.15, -0.1) is 5.73 Å². The van der Waals surface area contributed by atoms with E-state index in [1.54, 1.807) is 18.2 Å². The maximum Gasteiger partial charge on any atom is 0.287 e. The second kappa shape index (κ2) is 8.29. The molecule has 6 nitrogen and oxygen atoms in total. The lowest BCUT2D eigenvalue weighted by Gasteiger charge is -2.25. The number of ether oxygens (including phenoxy) is 1. The number of amides is 2. The first-order valence-electron chi connectivity index (χ1n) is 11.1. The van der Waals surface area contributed by atoms with Crippen molar-refractivity contribution in [2.24, 2.45) is 23.7 Å². The number of rotatable bonds is 6. The average molecular weight is 411 g/mol. The Balaban J connectivity index is 0.00000231. The van der Waals surface area contributed by atoms with Gasteiger partial charge >= 0.3 is 0 Å². The fourth-order valence-corrected chi connectivity index (χ4v) is 5.15. The SMILES string of the molecule is O=C(NCCC1[C@H]2CN(C(=O)CC3CCOCC3)C[C@@H]12)c1cc2c(o1)C=C=CC=C2.[HH]. The first-order valence-corrected chi connectivity index (χ1v) is 11.1. The van der Waals surface area contributed by atoms with Crippen LogP contribution >= 0.6 is 0 Å². The molecule has 1 saturated carbocycles. The molecule has 0 bridgehead atoms. The molecule has 1 aromatic rings. The molecule has 6 heteroatoms. The third-order valence-corrected chi connectivity index (χ3v) is 6.99. The molecule has 1 aromatic heterocycles. The van der Waals surface area contributed by atoms with Crippen LogP contribution in [0.2, 0.25) is 0 Å². The number of fused-ring (bicyclic) bond motifs is 2. The maximum absolute atomic E-state index is 12.6. The first kappa shape index (κ1) is 19.4. The number of hydrogen-bond donors (Lipinski definition) is 1. The van der Waals surface area contributed by atoms with Gasteiger partial charge in [0.05, 0.1) is 0 Å². The number of hydrogen-bond acceptors (Lipinski definition) is 4. The molecule has 0 spiro atoms. The zero-order chi connectivity index (χ0) is 20.5. The molecule has 3 heterocycles. The van der Waals surface area contributed by atoms with Gasteiger partial charge in [-0.1, -0.05) is 12.2 Å². The summed E-state index contributed by atoms with van der Waals surface area (Å²) < 4.78 is 11.0. The lowest BCUT2D eigenvalue weighted by Crippen LogP contribution is -2.34. The molecule has 2 aliphatic carbocycles. The van der Waals surface area contributed by atoms with Crippen LogP contribution in [0, 0.1) is 23.7 Å². The van der Waals surface area contributed by atoms with Crippen molar-refractivity contribution in [3.05, 3.63) is 41.0 Å². The molecule has 3 fully saturated rings. The number of nitrogens with zero attached hydrogens (tertiary/aromatic N) is 1. The fourth-order valence-electron chi connectivity index (χ4n) is 5.15. The zero-order valence-electron chi connectivity index (χ0n) is 17.1. The second-order valence-corrected chi connectivity index (χ2v) is 8.86. The number of nitrogens with one attached hydrogen (secondary N) is 1. The molecule has 160 valence electrons. The highest BCUT2D eigenvalue weighted by atomic mass is 16.5. The summed E-state index contributed by atoms with van der Waals surface area (Å²) in [5, 5.41) is 2.98. The standard InChI is InChI=1S/C24H28N2O4.H2/c27-23(12-16-7-10-29-11-8-16)26-14-19-18(20(19)15-26)6-9-25-24(28)22-13-17-4-2-1-3-5-21(17)30-22;/h1-2,4-5,13,16,18-20H,6-12,14-15H2,(H,25,28);1H/t18?,19-,20+;. The molecule has 0 radical (unpaired) electrons. The van der Waals surface area contributed by atoms with Gasteiger partial charge in [-0.3, -0.25) is 9.59 Å². The monoisotopic (exact) mass is 410 g/mol. The van der Waals surface area contributed by atoms with Gasteiger partial charge < -0.3 is 19.4 Å². The topological polar surface area (TPSA) is 71.8 Å². The van der Waals surface area contributed by atoms with Gasteiger partial charge in [-0.25, -0.2) is 0 Å². The summed E-state index contributed by atoms with van der Waals surface area (Å²) in [7, 11) is 0. The predicted octanol–water partition coefficient (Wildman–Crippen LogP) is 3.36. The highest BCUT2D eigenvalue weighted by molar-refractivity contribution is 5.92. The lowest BCUT2D eigenvalue weighted by molar-refractivity contribution is -0.132. The van der Waals surface area contributed by atoms with Crippen molar-refractivity contribution >= 4 is 24.0 Å². The number of piperidine rings is 1. The Kier molecular flexibility index (Phi) is 5.36. The predicted molar refractivity (Wildman–Crippen MR) is 115 cm³/mol. The minimum Gasteiger partial charge on any atom is -0.450 e. The molecule has 1 unspecified atom stereocenters. The summed E-state index contributed by atoms with van der Waals surface area (Å²) in [6, 6.07) is 1.77. The molecule has 1 N–H and O–H groups in total. The van der Waals surface area contributed by atoms with Crippen LogP contribution in [0.25, 0.3) is 12.2 Å². The van der Waals surface area contributed by atoms with Crippen LogP contribution in [0.4, 0.5) is 0 Å². The van der Waals surface area contributed by atoms with Crippen LogP contribution < -0.4 is 5.32 Å². The number of allylic oxidation sites excluding steroid dienone is 2. The largest absolute Gasteiger partial charge is 0.450 e. The van der Waals surface area contributed by atoms with Crippen molar-refractivity contribution in [1.29, 1.82) is 0 Å². The maximum atomic E-state index is 12.6. The van der Waals surface area contributed by atoms with E-state index in [0.29, 0.717) is 54.1 Å². The molecule has 3 atom stereocenters. The van der Waals surface area contributed by atoms with E-state index in [-0.39, 0.29) is 7.33 Å². The third-order valence-electron chi connectivity index (χ3n) is 6.99. The Morgan fingerprint density at radius 3 is 2.83 bits per heavy atom. The minimum atomic E-state index is -0.173. The van der Waals surface area contributed by atoms with Crippen LogP contribution in [0.15, 0.2) is 28.4 Å². The Morgan fingerprint density at radius 1 is 1.23 bits per heavy atom. The van der Waals surface area contributed by atoms with Crippen molar-refractivity contribution in [2.45, 2.75) is 25.7 Å². The molecule has 2 aliphatic heterocycles. The van der Waals surface area contributed by atoms with Crippen molar-refractivity contribution < 1.29 is 20.2 Å². The van der Waals surface area contributed by atoms with E-state index in [4.69, 9.17) is 9.15 Å². The number of furan rings is 1. The Bertz CT molecular complexity index is 912. The zero-order valence-corrected chi connectivity index (χ0v) is 17.1. The molecule has 2 amide bonds. The molecule has 0 aromatic carbocycles. The number of carbonyl (C=O) groups is 2. The molecule has 30 heavy (non-hydrogen) atoms. The Hall–Kier alpha value is -2.56. The van der Waals surface area contributed by atoms with Crippen molar-refractivity contribution in [3.8, 4) is 0 Å². The van der Waals surface area contributed by atoms with Gasteiger partial charge in [0.15, 0.2) is 5.76 Å². The average Bonchev–Trinajstić information content (AvgIpc) is 3.08. The minimum absolute atomic E-state index is 0. The quantitative estimate of drug-likeness (QED) is 0.730. The van der Waals surface area contributed by atoms with Gasteiger partial charge in [0.2, 0.25) is 5.91 Å². The summed E-state index contributed by atoms with van der Waals surface area (Å²) in [5.41, 5.74) is 3.88. The van der Waals surface area contributed by atoms with E-state index >= 15 is 0 Å². The normalized spacial score (nSPS) is 26.9. The van der Waals surface area contributed by atoms with E-state index in [0.717, 1.165) is 51.1 Å². The van der Waals surface area contributed by atoms with Gasteiger partial charge in [0.1, 0.15) is 5.76 Å². The van der Waals surface area contributed by atoms with Crippen LogP contribution in [0.3, 0.4) is 0 Å². The molecule has 4 aliphatic rings. The highest BCUT2D eigenvalue weighted by Gasteiger charge is 2.55. The number of likely N-dealkylation sites (tertiary alicyclic amines) is 1. The van der Waals surface area contributed by atoms with Crippen LogP contribution in [-0.4, -0.2) is 49.6 Å². The summed E-state index contributed by atoms with van der Waals surface area (Å²) >= 11 is 0. The molecular weight excluding hydrogens is 380 g/mol. The van der Waals surface area contributed by atoms with E-state index in [2.05, 4.69) is 15.9 Å². The summed E-state index contributed by atoms with van der Waals surface area (Å²) in [6.45, 7) is 4.01. The molecule has 5 rings (SSSR count). The third kappa shape index (κ3) is 4.03. The lowest BCUT2D eigenvalue weighted by atomic mass is 9.96. The van der Waals surface area contributed by atoms with Crippen LogP contribution in [0.1, 0.15) is 49.0 Å². The van der Waals surface area contributed by atoms with Gasteiger partial charge in [-0.2, -0.15) is 0 Å².